The third-order valence-corrected chi connectivity index (χ3v) is 4.64. The molecule has 2 aliphatic rings. The first-order valence-corrected chi connectivity index (χ1v) is 8.02. The number of piperidine rings is 1. The van der Waals surface area contributed by atoms with Crippen molar-refractivity contribution in [3.05, 3.63) is 24.0 Å². The summed E-state index contributed by atoms with van der Waals surface area (Å²) in [4.78, 5) is 20.6. The van der Waals surface area contributed by atoms with E-state index in [0.29, 0.717) is 11.7 Å². The Bertz CT molecular complexity index is 491. The molecule has 0 aromatic carbocycles. The summed E-state index contributed by atoms with van der Waals surface area (Å²) in [6, 6.07) is 4.41. The molecule has 6 nitrogen and oxygen atoms in total. The number of nitrogens with zero attached hydrogens (tertiary/aromatic N) is 3. The molecule has 0 spiro atoms. The summed E-state index contributed by atoms with van der Waals surface area (Å²) in [5, 5.41) is 3.41. The van der Waals surface area contributed by atoms with Gasteiger partial charge < -0.3 is 15.0 Å². The SMILES string of the molecule is COC(=O)c1ccc(N2CCC(N3CCNCC3)CC2)cn1. The summed E-state index contributed by atoms with van der Waals surface area (Å²) >= 11 is 0. The Labute approximate surface area is 131 Å². The van der Waals surface area contributed by atoms with Gasteiger partial charge in [-0.2, -0.15) is 0 Å². The second-order valence-electron chi connectivity index (χ2n) is 5.90. The smallest absolute Gasteiger partial charge is 0.356 e. The molecular formula is C16H24N4O2. The third kappa shape index (κ3) is 3.39. The van der Waals surface area contributed by atoms with Crippen LogP contribution in [0.5, 0.6) is 0 Å². The number of hydrogen-bond acceptors (Lipinski definition) is 6. The number of carbonyl (C=O) groups is 1. The summed E-state index contributed by atoms with van der Waals surface area (Å²) in [5.41, 5.74) is 1.45. The van der Waals surface area contributed by atoms with Gasteiger partial charge in [0.05, 0.1) is 19.0 Å². The molecule has 0 atom stereocenters. The van der Waals surface area contributed by atoms with E-state index in [1.807, 2.05) is 6.07 Å². The first kappa shape index (κ1) is 15.2. The predicted octanol–water partition coefficient (Wildman–Crippen LogP) is 0.742. The van der Waals surface area contributed by atoms with E-state index in [2.05, 4.69) is 24.8 Å². The molecule has 2 aliphatic heterocycles. The van der Waals surface area contributed by atoms with E-state index >= 15 is 0 Å². The summed E-state index contributed by atoms with van der Waals surface area (Å²) in [6.45, 7) is 6.65. The Morgan fingerprint density at radius 3 is 2.55 bits per heavy atom. The number of piperazine rings is 1. The summed E-state index contributed by atoms with van der Waals surface area (Å²) < 4.78 is 4.68. The minimum Gasteiger partial charge on any atom is -0.464 e. The van der Waals surface area contributed by atoms with Gasteiger partial charge in [0.25, 0.3) is 0 Å². The van der Waals surface area contributed by atoms with Crippen molar-refractivity contribution in [3.8, 4) is 0 Å². The van der Waals surface area contributed by atoms with Crippen molar-refractivity contribution >= 4 is 11.7 Å². The van der Waals surface area contributed by atoms with E-state index in [-0.39, 0.29) is 5.97 Å². The zero-order chi connectivity index (χ0) is 15.4. The topological polar surface area (TPSA) is 57.7 Å². The second kappa shape index (κ2) is 7.07. The fourth-order valence-electron chi connectivity index (χ4n) is 3.33. The number of pyridine rings is 1. The Morgan fingerprint density at radius 2 is 1.95 bits per heavy atom. The quantitative estimate of drug-likeness (QED) is 0.831. The maximum absolute atomic E-state index is 11.4. The van der Waals surface area contributed by atoms with Gasteiger partial charge in [-0.05, 0) is 25.0 Å². The second-order valence-corrected chi connectivity index (χ2v) is 5.90. The Kier molecular flexibility index (Phi) is 4.90. The molecule has 120 valence electrons. The molecule has 0 aliphatic carbocycles. The molecule has 0 saturated carbocycles. The number of carbonyl (C=O) groups excluding carboxylic acids is 1. The van der Waals surface area contributed by atoms with Crippen LogP contribution in [0.2, 0.25) is 0 Å². The van der Waals surface area contributed by atoms with E-state index in [1.54, 1.807) is 12.3 Å². The van der Waals surface area contributed by atoms with E-state index in [1.165, 1.54) is 33.0 Å². The average molecular weight is 304 g/mol. The molecule has 1 N–H and O–H groups in total. The highest BCUT2D eigenvalue weighted by atomic mass is 16.5. The highest BCUT2D eigenvalue weighted by Gasteiger charge is 2.25. The van der Waals surface area contributed by atoms with Crippen molar-refractivity contribution in [2.75, 3.05) is 51.3 Å². The molecule has 1 aromatic heterocycles. The molecule has 22 heavy (non-hydrogen) atoms. The lowest BCUT2D eigenvalue weighted by Crippen LogP contribution is -2.52. The predicted molar refractivity (Wildman–Crippen MR) is 85.3 cm³/mol. The van der Waals surface area contributed by atoms with Crippen molar-refractivity contribution in [2.24, 2.45) is 0 Å². The maximum Gasteiger partial charge on any atom is 0.356 e. The van der Waals surface area contributed by atoms with Gasteiger partial charge in [-0.1, -0.05) is 0 Å². The molecule has 0 radical (unpaired) electrons. The first-order valence-electron chi connectivity index (χ1n) is 8.02. The lowest BCUT2D eigenvalue weighted by atomic mass is 10.0. The van der Waals surface area contributed by atoms with Crippen LogP contribution in [0.3, 0.4) is 0 Å². The fourth-order valence-corrected chi connectivity index (χ4v) is 3.33. The summed E-state index contributed by atoms with van der Waals surface area (Å²) in [7, 11) is 1.37. The molecule has 1 aromatic rings. The van der Waals surface area contributed by atoms with Gasteiger partial charge in [0.1, 0.15) is 5.69 Å². The van der Waals surface area contributed by atoms with E-state index < -0.39 is 0 Å². The molecule has 0 amide bonds. The first-order chi connectivity index (χ1) is 10.8. The summed E-state index contributed by atoms with van der Waals surface area (Å²) in [6.07, 6.45) is 4.16. The highest BCUT2D eigenvalue weighted by molar-refractivity contribution is 5.87. The number of nitrogens with one attached hydrogen (secondary N) is 1. The molecular weight excluding hydrogens is 280 g/mol. The van der Waals surface area contributed by atoms with Gasteiger partial charge in [0.15, 0.2) is 0 Å². The molecule has 0 bridgehead atoms. The Morgan fingerprint density at radius 1 is 1.23 bits per heavy atom. The number of aromatic nitrogens is 1. The molecule has 3 rings (SSSR count). The van der Waals surface area contributed by atoms with Crippen LogP contribution < -0.4 is 10.2 Å². The number of esters is 1. The highest BCUT2D eigenvalue weighted by Crippen LogP contribution is 2.22. The Hall–Kier alpha value is -1.66. The van der Waals surface area contributed by atoms with Crippen LogP contribution in [0.25, 0.3) is 0 Å². The van der Waals surface area contributed by atoms with Crippen LogP contribution in [-0.4, -0.2) is 68.3 Å². The zero-order valence-electron chi connectivity index (χ0n) is 13.1. The van der Waals surface area contributed by atoms with Crippen LogP contribution in [-0.2, 0) is 4.74 Å². The van der Waals surface area contributed by atoms with Gasteiger partial charge in [-0.25, -0.2) is 9.78 Å². The van der Waals surface area contributed by atoms with Crippen LogP contribution >= 0.6 is 0 Å². The number of anilines is 1. The molecule has 0 unspecified atom stereocenters. The van der Waals surface area contributed by atoms with Crippen LogP contribution in [0, 0.1) is 0 Å². The molecule has 2 fully saturated rings. The number of methoxy groups -OCH3 is 1. The third-order valence-electron chi connectivity index (χ3n) is 4.64. The van der Waals surface area contributed by atoms with Gasteiger partial charge in [0.2, 0.25) is 0 Å². The van der Waals surface area contributed by atoms with Gasteiger partial charge >= 0.3 is 5.97 Å². The van der Waals surface area contributed by atoms with Gasteiger partial charge in [0, 0.05) is 45.3 Å². The summed E-state index contributed by atoms with van der Waals surface area (Å²) in [5.74, 6) is -0.385. The van der Waals surface area contributed by atoms with Crippen molar-refractivity contribution in [2.45, 2.75) is 18.9 Å². The Balaban J connectivity index is 1.55. The van der Waals surface area contributed by atoms with Gasteiger partial charge in [-0.3, -0.25) is 4.90 Å². The van der Waals surface area contributed by atoms with Crippen LogP contribution in [0.4, 0.5) is 5.69 Å². The fraction of sp³-hybridized carbons (Fsp3) is 0.625. The van der Waals surface area contributed by atoms with Crippen molar-refractivity contribution < 1.29 is 9.53 Å². The van der Waals surface area contributed by atoms with Crippen molar-refractivity contribution in [3.63, 3.8) is 0 Å². The van der Waals surface area contributed by atoms with E-state index in [9.17, 15) is 4.79 Å². The lowest BCUT2D eigenvalue weighted by Gasteiger charge is -2.41. The number of hydrogen-bond donors (Lipinski definition) is 1. The number of rotatable bonds is 3. The van der Waals surface area contributed by atoms with Crippen molar-refractivity contribution in [1.82, 2.24) is 15.2 Å². The van der Waals surface area contributed by atoms with Gasteiger partial charge in [-0.15, -0.1) is 0 Å². The molecule has 3 heterocycles. The normalized spacial score (nSPS) is 20.9. The monoisotopic (exact) mass is 304 g/mol. The minimum atomic E-state index is -0.385. The van der Waals surface area contributed by atoms with Crippen LogP contribution in [0.1, 0.15) is 23.3 Å². The minimum absolute atomic E-state index is 0.363. The molecule has 2 saturated heterocycles. The average Bonchev–Trinajstić information content (AvgIpc) is 2.62. The number of ether oxygens (including phenoxy) is 1. The van der Waals surface area contributed by atoms with E-state index in [0.717, 1.165) is 31.9 Å². The lowest BCUT2D eigenvalue weighted by molar-refractivity contribution is 0.0594. The zero-order valence-corrected chi connectivity index (χ0v) is 13.1. The maximum atomic E-state index is 11.4. The molecule has 6 heteroatoms. The van der Waals surface area contributed by atoms with E-state index in [4.69, 9.17) is 0 Å². The standard InChI is InChI=1S/C16H24N4O2/c1-22-16(21)15-3-2-14(12-18-15)19-8-4-13(5-9-19)20-10-6-17-7-11-20/h2-3,12-13,17H,4-11H2,1H3. The van der Waals surface area contributed by atoms with Crippen molar-refractivity contribution in [1.29, 1.82) is 0 Å². The largest absolute Gasteiger partial charge is 0.464 e. The van der Waals surface area contributed by atoms with Crippen LogP contribution in [0.15, 0.2) is 18.3 Å².